The molecule has 1 aromatic carbocycles. The molecule has 1 heterocycles. The maximum Gasteiger partial charge on any atom is 0.416 e. The van der Waals surface area contributed by atoms with Crippen molar-refractivity contribution in [1.29, 1.82) is 0 Å². The average Bonchev–Trinajstić information content (AvgIpc) is 3.08. The van der Waals surface area contributed by atoms with Gasteiger partial charge in [-0.1, -0.05) is 6.07 Å². The monoisotopic (exact) mass is 300 g/mol. The van der Waals surface area contributed by atoms with Crippen molar-refractivity contribution in [2.75, 3.05) is 11.4 Å². The number of halogens is 4. The zero-order chi connectivity index (χ0) is 15.4. The van der Waals surface area contributed by atoms with E-state index in [-0.39, 0.29) is 23.2 Å². The lowest BCUT2D eigenvalue weighted by atomic mass is 10.0. The molecular formula is C14H12F4N2O. The van der Waals surface area contributed by atoms with Crippen LogP contribution in [0.3, 0.4) is 0 Å². The lowest BCUT2D eigenvalue weighted by Crippen LogP contribution is -2.49. The second-order valence-electron chi connectivity index (χ2n) is 5.54. The summed E-state index contributed by atoms with van der Waals surface area (Å²) in [7, 11) is 0. The van der Waals surface area contributed by atoms with Crippen LogP contribution >= 0.6 is 0 Å². The molecule has 0 spiro atoms. The molecule has 3 nitrogen and oxygen atoms in total. The van der Waals surface area contributed by atoms with Crippen molar-refractivity contribution in [3.63, 3.8) is 0 Å². The summed E-state index contributed by atoms with van der Waals surface area (Å²) in [6, 6.07) is 2.66. The zero-order valence-electron chi connectivity index (χ0n) is 10.8. The Morgan fingerprint density at radius 3 is 2.67 bits per heavy atom. The molecule has 2 aliphatic rings. The number of benzene rings is 1. The number of nitrogens with zero attached hydrogens (tertiary/aromatic N) is 2. The second-order valence-corrected chi connectivity index (χ2v) is 5.54. The number of rotatable bonds is 2. The quantitative estimate of drug-likeness (QED) is 0.671. The predicted octanol–water partition coefficient (Wildman–Crippen LogP) is 3.12. The van der Waals surface area contributed by atoms with Gasteiger partial charge >= 0.3 is 6.18 Å². The number of hydrogen-bond acceptors (Lipinski definition) is 2. The number of piperidine rings is 1. The van der Waals surface area contributed by atoms with Crippen molar-refractivity contribution in [1.82, 2.24) is 0 Å². The van der Waals surface area contributed by atoms with E-state index < -0.39 is 24.1 Å². The first-order valence-electron chi connectivity index (χ1n) is 6.51. The number of aliphatic hydroxyl groups is 1. The molecule has 21 heavy (non-hydrogen) atoms. The minimum atomic E-state index is -4.70. The first-order chi connectivity index (χ1) is 9.82. The fourth-order valence-electron chi connectivity index (χ4n) is 3.15. The van der Waals surface area contributed by atoms with E-state index in [1.807, 2.05) is 0 Å². The summed E-state index contributed by atoms with van der Waals surface area (Å²) in [5.74, 6) is -0.843. The Hall–Kier alpha value is -1.81. The molecule has 0 unspecified atom stereocenters. The molecule has 1 N–H and O–H groups in total. The van der Waals surface area contributed by atoms with Gasteiger partial charge in [-0.25, -0.2) is 9.24 Å². The van der Waals surface area contributed by atoms with Gasteiger partial charge in [-0.2, -0.15) is 13.2 Å². The van der Waals surface area contributed by atoms with Crippen molar-refractivity contribution in [3.8, 4) is 0 Å². The average molecular weight is 300 g/mol. The fourth-order valence-corrected chi connectivity index (χ4v) is 3.15. The third-order valence-electron chi connectivity index (χ3n) is 4.25. The van der Waals surface area contributed by atoms with Gasteiger partial charge in [0.05, 0.1) is 12.6 Å². The summed E-state index contributed by atoms with van der Waals surface area (Å²) in [4.78, 5) is 4.39. The van der Waals surface area contributed by atoms with Crippen LogP contribution in [0.2, 0.25) is 0 Å². The molecule has 1 aromatic rings. The molecule has 112 valence electrons. The van der Waals surface area contributed by atoms with Crippen LogP contribution in [0, 0.1) is 24.2 Å². The minimum absolute atomic E-state index is 0.121. The number of fused-ring (bicyclic) bond motifs is 1. The lowest BCUT2D eigenvalue weighted by molar-refractivity contribution is -0.210. The molecule has 3 rings (SSSR count). The molecule has 2 fully saturated rings. The van der Waals surface area contributed by atoms with Crippen LogP contribution in [-0.4, -0.2) is 30.0 Å². The van der Waals surface area contributed by atoms with E-state index >= 15 is 0 Å². The first-order valence-corrected chi connectivity index (χ1v) is 6.51. The molecule has 1 aliphatic heterocycles. The van der Waals surface area contributed by atoms with E-state index in [1.54, 1.807) is 0 Å². The highest BCUT2D eigenvalue weighted by molar-refractivity contribution is 5.58. The molecule has 0 radical (unpaired) electrons. The molecule has 4 atom stereocenters. The normalized spacial score (nSPS) is 29.0. The standard InChI is InChI=1S/C14H12F4N2O/c1-19-11-3-2-8(5-10(11)15)20-6-7-4-9(7)12(20)13(21)14(16,17)18/h2-3,5,7,9,12-13,21H,4,6H2/t7-,9-,12-,13-/m1/s1. The summed E-state index contributed by atoms with van der Waals surface area (Å²) in [5.41, 5.74) is 0.108. The summed E-state index contributed by atoms with van der Waals surface area (Å²) >= 11 is 0. The third kappa shape index (κ3) is 2.33. The van der Waals surface area contributed by atoms with Gasteiger partial charge in [-0.3, -0.25) is 0 Å². The zero-order valence-corrected chi connectivity index (χ0v) is 10.8. The lowest BCUT2D eigenvalue weighted by Gasteiger charge is -2.33. The van der Waals surface area contributed by atoms with Crippen molar-refractivity contribution in [2.24, 2.45) is 11.8 Å². The van der Waals surface area contributed by atoms with E-state index in [2.05, 4.69) is 4.85 Å². The Balaban J connectivity index is 1.91. The number of anilines is 1. The molecule has 7 heteroatoms. The smallest absolute Gasteiger partial charge is 0.382 e. The molecule has 0 aromatic heterocycles. The summed E-state index contributed by atoms with van der Waals surface area (Å²) in [6.45, 7) is 7.15. The minimum Gasteiger partial charge on any atom is -0.382 e. The molecule has 0 amide bonds. The van der Waals surface area contributed by atoms with Gasteiger partial charge in [0.1, 0.15) is 5.82 Å². The van der Waals surface area contributed by atoms with Crippen LogP contribution in [0.1, 0.15) is 6.42 Å². The van der Waals surface area contributed by atoms with Crippen LogP contribution in [0.15, 0.2) is 18.2 Å². The number of aliphatic hydroxyl groups excluding tert-OH is 1. The molecule has 1 saturated heterocycles. The van der Waals surface area contributed by atoms with Crippen molar-refractivity contribution < 1.29 is 22.7 Å². The Labute approximate surface area is 118 Å². The second kappa shape index (κ2) is 4.60. The highest BCUT2D eigenvalue weighted by Crippen LogP contribution is 2.53. The van der Waals surface area contributed by atoms with E-state index in [0.29, 0.717) is 13.0 Å². The van der Waals surface area contributed by atoms with E-state index in [0.717, 1.165) is 6.07 Å². The molecular weight excluding hydrogens is 288 g/mol. The van der Waals surface area contributed by atoms with Crippen LogP contribution in [0.25, 0.3) is 4.85 Å². The number of alkyl halides is 3. The predicted molar refractivity (Wildman–Crippen MR) is 67.5 cm³/mol. The third-order valence-corrected chi connectivity index (χ3v) is 4.25. The fraction of sp³-hybridized carbons (Fsp3) is 0.500. The van der Waals surface area contributed by atoms with Gasteiger partial charge in [-0.15, -0.1) is 0 Å². The maximum atomic E-state index is 13.6. The van der Waals surface area contributed by atoms with E-state index in [1.165, 1.54) is 17.0 Å². The SMILES string of the molecule is [C-]#[N+]c1ccc(N2C[C@H]3C[C@H]3[C@@H]2[C@@H](O)C(F)(F)F)cc1F. The Bertz CT molecular complexity index is 610. The summed E-state index contributed by atoms with van der Waals surface area (Å²) in [5, 5.41) is 9.58. The highest BCUT2D eigenvalue weighted by Gasteiger charge is 2.60. The van der Waals surface area contributed by atoms with E-state index in [9.17, 15) is 22.7 Å². The van der Waals surface area contributed by atoms with Gasteiger partial charge in [-0.05, 0) is 30.4 Å². The molecule has 0 bridgehead atoms. The van der Waals surface area contributed by atoms with Gasteiger partial charge in [0.25, 0.3) is 0 Å². The molecule has 1 aliphatic carbocycles. The van der Waals surface area contributed by atoms with Gasteiger partial charge in [0.15, 0.2) is 6.10 Å². The Kier molecular flexibility index (Phi) is 3.10. The Morgan fingerprint density at radius 2 is 2.10 bits per heavy atom. The van der Waals surface area contributed by atoms with Gasteiger partial charge in [0, 0.05) is 12.2 Å². The first kappa shape index (κ1) is 14.1. The topological polar surface area (TPSA) is 27.8 Å². The molecule has 1 saturated carbocycles. The van der Waals surface area contributed by atoms with E-state index in [4.69, 9.17) is 6.57 Å². The van der Waals surface area contributed by atoms with Crippen molar-refractivity contribution in [2.45, 2.75) is 24.7 Å². The van der Waals surface area contributed by atoms with Crippen LogP contribution in [-0.2, 0) is 0 Å². The van der Waals surface area contributed by atoms with Crippen LogP contribution < -0.4 is 4.90 Å². The van der Waals surface area contributed by atoms with Gasteiger partial charge < -0.3 is 10.0 Å². The summed E-state index contributed by atoms with van der Waals surface area (Å²) < 4.78 is 52.0. The Morgan fingerprint density at radius 1 is 1.38 bits per heavy atom. The summed E-state index contributed by atoms with van der Waals surface area (Å²) in [6.07, 6.45) is -6.48. The maximum absolute atomic E-state index is 13.6. The number of hydrogen-bond donors (Lipinski definition) is 1. The van der Waals surface area contributed by atoms with Crippen molar-refractivity contribution in [3.05, 3.63) is 35.4 Å². The van der Waals surface area contributed by atoms with Gasteiger partial charge in [0.2, 0.25) is 5.69 Å². The van der Waals surface area contributed by atoms with Crippen molar-refractivity contribution >= 4 is 11.4 Å². The largest absolute Gasteiger partial charge is 0.416 e. The highest BCUT2D eigenvalue weighted by atomic mass is 19.4. The van der Waals surface area contributed by atoms with Crippen LogP contribution in [0.5, 0.6) is 0 Å². The van der Waals surface area contributed by atoms with Crippen LogP contribution in [0.4, 0.5) is 28.9 Å².